The van der Waals surface area contributed by atoms with Crippen molar-refractivity contribution < 1.29 is 24.9 Å². The fourth-order valence-electron chi connectivity index (χ4n) is 8.92. The van der Waals surface area contributed by atoms with E-state index in [9.17, 15) is 20.1 Å². The van der Waals surface area contributed by atoms with Crippen molar-refractivity contribution in [2.24, 2.45) is 46.8 Å². The Bertz CT molecular complexity index is 688. The van der Waals surface area contributed by atoms with Crippen molar-refractivity contribution in [3.05, 3.63) is 0 Å². The van der Waals surface area contributed by atoms with Gasteiger partial charge >= 0.3 is 5.97 Å². The van der Waals surface area contributed by atoms with E-state index < -0.39 is 6.23 Å². The number of rotatable bonds is 13. The lowest BCUT2D eigenvalue weighted by molar-refractivity contribution is -0.140. The molecule has 0 radical (unpaired) electrons. The van der Waals surface area contributed by atoms with Gasteiger partial charge in [0.25, 0.3) is 0 Å². The summed E-state index contributed by atoms with van der Waals surface area (Å²) in [4.78, 5) is 11.3. The lowest BCUT2D eigenvalue weighted by Crippen LogP contribution is -2.53. The molecule has 4 N–H and O–H groups in total. The molecule has 0 aromatic carbocycles. The van der Waals surface area contributed by atoms with Crippen LogP contribution in [0.15, 0.2) is 0 Å². The van der Waals surface area contributed by atoms with Crippen molar-refractivity contribution in [1.82, 2.24) is 5.32 Å². The van der Waals surface area contributed by atoms with Crippen molar-refractivity contribution in [2.75, 3.05) is 13.7 Å². The molecule has 6 heteroatoms. The van der Waals surface area contributed by atoms with Crippen LogP contribution < -0.4 is 5.32 Å². The van der Waals surface area contributed by atoms with E-state index in [1.54, 1.807) is 0 Å². The molecule has 3 aliphatic carbocycles. The number of hydrogen-bond acceptors (Lipinski definition) is 6. The third-order valence-electron chi connectivity index (χ3n) is 10.8. The molecule has 0 aromatic rings. The fourth-order valence-corrected chi connectivity index (χ4v) is 8.92. The highest BCUT2D eigenvalue weighted by Gasteiger charge is 2.59. The third-order valence-corrected chi connectivity index (χ3v) is 10.8. The van der Waals surface area contributed by atoms with Gasteiger partial charge in [-0.05, 0) is 105 Å². The minimum atomic E-state index is -0.692. The molecule has 0 amide bonds. The minimum Gasteiger partial charge on any atom is -0.468 e. The maximum atomic E-state index is 11.7. The van der Waals surface area contributed by atoms with E-state index in [-0.39, 0.29) is 30.1 Å². The summed E-state index contributed by atoms with van der Waals surface area (Å²) in [5, 5.41) is 35.6. The van der Waals surface area contributed by atoms with Crippen LogP contribution in [0, 0.1) is 46.8 Å². The van der Waals surface area contributed by atoms with Crippen LogP contribution in [-0.2, 0) is 9.53 Å². The van der Waals surface area contributed by atoms with Crippen LogP contribution in [0.2, 0.25) is 0 Å². The van der Waals surface area contributed by atoms with Crippen LogP contribution in [-0.4, -0.2) is 53.4 Å². The number of methoxy groups -OCH3 is 1. The van der Waals surface area contributed by atoms with Crippen LogP contribution in [0.5, 0.6) is 0 Å². The van der Waals surface area contributed by atoms with Gasteiger partial charge in [0.1, 0.15) is 6.23 Å². The zero-order valence-electron chi connectivity index (χ0n) is 23.6. The molecule has 3 saturated carbocycles. The van der Waals surface area contributed by atoms with Gasteiger partial charge in [0.05, 0.1) is 25.9 Å². The summed E-state index contributed by atoms with van der Waals surface area (Å²) < 4.78 is 4.64. The molecule has 3 rings (SSSR count). The molecule has 0 heterocycles. The van der Waals surface area contributed by atoms with E-state index in [0.29, 0.717) is 47.8 Å². The maximum Gasteiger partial charge on any atom is 0.319 e. The average molecular weight is 510 g/mol. The number of esters is 1. The van der Waals surface area contributed by atoms with Crippen LogP contribution in [0.1, 0.15) is 105 Å². The molecule has 3 fully saturated rings. The van der Waals surface area contributed by atoms with Crippen LogP contribution >= 0.6 is 0 Å². The Labute approximate surface area is 220 Å². The summed E-state index contributed by atoms with van der Waals surface area (Å²) >= 11 is 0. The van der Waals surface area contributed by atoms with Crippen molar-refractivity contribution in [2.45, 2.75) is 123 Å². The molecule has 3 aliphatic rings. The summed E-state index contributed by atoms with van der Waals surface area (Å²) in [6.07, 6.45) is 11.3. The number of unbranched alkanes of at least 4 members (excludes halogenated alkanes) is 1. The Morgan fingerprint density at radius 2 is 1.89 bits per heavy atom. The monoisotopic (exact) mass is 509 g/mol. The predicted octanol–water partition coefficient (Wildman–Crippen LogP) is 4.89. The second kappa shape index (κ2) is 13.4. The molecule has 0 spiro atoms. The van der Waals surface area contributed by atoms with Gasteiger partial charge in [0.15, 0.2) is 0 Å². The van der Waals surface area contributed by atoms with E-state index in [2.05, 4.69) is 37.7 Å². The van der Waals surface area contributed by atoms with Crippen molar-refractivity contribution in [3.63, 3.8) is 0 Å². The van der Waals surface area contributed by atoms with E-state index in [1.807, 2.05) is 0 Å². The minimum absolute atomic E-state index is 0.0332. The number of carbonyl (C=O) groups excluding carboxylic acids is 1. The molecule has 0 bridgehead atoms. The van der Waals surface area contributed by atoms with E-state index in [1.165, 1.54) is 39.2 Å². The van der Waals surface area contributed by atoms with Crippen molar-refractivity contribution in [1.29, 1.82) is 0 Å². The first-order valence-electron chi connectivity index (χ1n) is 15.0. The Balaban J connectivity index is 1.61. The zero-order valence-corrected chi connectivity index (χ0v) is 23.6. The Kier molecular flexibility index (Phi) is 11.1. The van der Waals surface area contributed by atoms with Crippen molar-refractivity contribution in [3.8, 4) is 0 Å². The molecule has 0 saturated heterocycles. The smallest absolute Gasteiger partial charge is 0.319 e. The Morgan fingerprint density at radius 3 is 2.56 bits per heavy atom. The second-order valence-electron chi connectivity index (χ2n) is 12.8. The molecule has 6 nitrogen and oxygen atoms in total. The predicted molar refractivity (Wildman–Crippen MR) is 143 cm³/mol. The lowest BCUT2D eigenvalue weighted by atomic mass is 9.50. The number of fused-ring (bicyclic) bond motifs is 3. The molecule has 0 aromatic heterocycles. The van der Waals surface area contributed by atoms with Gasteiger partial charge in [-0.3, -0.25) is 10.1 Å². The first-order chi connectivity index (χ1) is 17.2. The largest absolute Gasteiger partial charge is 0.468 e. The number of hydrogen-bond donors (Lipinski definition) is 4. The SMILES string of the molecule is CCCC[C@@H](O)CC1C[C@H]2CC[C@]3(C)[C@@H]([C@H](C)CCC(O)NCC(=O)OC)CC[C@H]3[C@@H]2[C@H](O)[C@@H]1CC. The van der Waals surface area contributed by atoms with E-state index >= 15 is 0 Å². The zero-order chi connectivity index (χ0) is 26.5. The van der Waals surface area contributed by atoms with Gasteiger partial charge < -0.3 is 20.1 Å². The molecular weight excluding hydrogens is 454 g/mol. The summed E-state index contributed by atoms with van der Waals surface area (Å²) in [6.45, 7) is 9.25. The highest BCUT2D eigenvalue weighted by atomic mass is 16.5. The molecule has 36 heavy (non-hydrogen) atoms. The number of aliphatic hydroxyl groups excluding tert-OH is 3. The van der Waals surface area contributed by atoms with Gasteiger partial charge in [-0.15, -0.1) is 0 Å². The summed E-state index contributed by atoms with van der Waals surface area (Å²) in [5.41, 5.74) is 0.248. The van der Waals surface area contributed by atoms with Crippen LogP contribution in [0.3, 0.4) is 0 Å². The summed E-state index contributed by atoms with van der Waals surface area (Å²) in [5.74, 6) is 3.03. The molecule has 2 unspecified atom stereocenters. The fraction of sp³-hybridized carbons (Fsp3) is 0.967. The first kappa shape index (κ1) is 29.9. The maximum absolute atomic E-state index is 11.7. The lowest BCUT2D eigenvalue weighted by Gasteiger charge is -2.56. The molecule has 11 atom stereocenters. The normalized spacial score (nSPS) is 38.6. The van der Waals surface area contributed by atoms with Gasteiger partial charge in [-0.1, -0.05) is 47.0 Å². The first-order valence-corrected chi connectivity index (χ1v) is 15.0. The molecule has 0 aliphatic heterocycles. The second-order valence-corrected chi connectivity index (χ2v) is 12.8. The quantitative estimate of drug-likeness (QED) is 0.208. The van der Waals surface area contributed by atoms with Gasteiger partial charge in [-0.2, -0.15) is 0 Å². The number of nitrogens with one attached hydrogen (secondary N) is 1. The van der Waals surface area contributed by atoms with Crippen LogP contribution in [0.25, 0.3) is 0 Å². The van der Waals surface area contributed by atoms with E-state index in [4.69, 9.17) is 0 Å². The topological polar surface area (TPSA) is 99.0 Å². The van der Waals surface area contributed by atoms with Gasteiger partial charge in [-0.25, -0.2) is 0 Å². The van der Waals surface area contributed by atoms with Gasteiger partial charge in [0, 0.05) is 0 Å². The third kappa shape index (κ3) is 6.65. The number of aliphatic hydroxyl groups is 3. The average Bonchev–Trinajstić information content (AvgIpc) is 3.21. The standard InChI is InChI=1S/C30H55NO5/c1-6-8-9-22(32)17-21-16-20-14-15-30(4)24(11-12-25(30)28(20)29(35)23(21)7-2)19(3)10-13-26(33)31-18-27(34)36-5/h19-26,28-29,31-33,35H,6-18H2,1-5H3/t19-,20-,21?,22-,23-,24-,25+,26?,28-,29-,30-/m1/s1. The number of ether oxygens (including phenoxy) is 1. The Hall–Kier alpha value is -0.690. The summed E-state index contributed by atoms with van der Waals surface area (Å²) in [6, 6.07) is 0. The van der Waals surface area contributed by atoms with E-state index in [0.717, 1.165) is 38.5 Å². The van der Waals surface area contributed by atoms with Gasteiger partial charge in [0.2, 0.25) is 0 Å². The highest BCUT2D eigenvalue weighted by Crippen LogP contribution is 2.64. The Morgan fingerprint density at radius 1 is 1.14 bits per heavy atom. The number of carbonyl (C=O) groups is 1. The molecular formula is C30H55NO5. The van der Waals surface area contributed by atoms with Crippen LogP contribution in [0.4, 0.5) is 0 Å². The highest BCUT2D eigenvalue weighted by molar-refractivity contribution is 5.71. The molecule has 210 valence electrons. The summed E-state index contributed by atoms with van der Waals surface area (Å²) in [7, 11) is 1.35. The van der Waals surface area contributed by atoms with Crippen molar-refractivity contribution >= 4 is 5.97 Å².